The highest BCUT2D eigenvalue weighted by molar-refractivity contribution is 6.37. The van der Waals surface area contributed by atoms with Crippen LogP contribution in [0.4, 0.5) is 14.6 Å². The number of hydrogen-bond acceptors (Lipinski definition) is 6. The van der Waals surface area contributed by atoms with Gasteiger partial charge in [0, 0.05) is 17.3 Å². The number of carboxylic acids is 1. The van der Waals surface area contributed by atoms with Crippen LogP contribution in [0.1, 0.15) is 45.9 Å². The summed E-state index contributed by atoms with van der Waals surface area (Å²) in [5.41, 5.74) is 0.859. The summed E-state index contributed by atoms with van der Waals surface area (Å²) in [6.07, 6.45) is 4.84. The molecule has 13 heteroatoms. The van der Waals surface area contributed by atoms with Crippen molar-refractivity contribution in [3.05, 3.63) is 97.9 Å². The van der Waals surface area contributed by atoms with Gasteiger partial charge < -0.3 is 19.8 Å². The molecule has 2 N–H and O–H groups in total. The molecule has 0 radical (unpaired) electrons. The zero-order valence-corrected chi connectivity index (χ0v) is 23.4. The van der Waals surface area contributed by atoms with Crippen molar-refractivity contribution in [2.75, 3.05) is 18.0 Å². The van der Waals surface area contributed by atoms with Gasteiger partial charge in [0.1, 0.15) is 29.5 Å². The molecule has 1 saturated heterocycles. The van der Waals surface area contributed by atoms with Gasteiger partial charge in [-0.1, -0.05) is 40.9 Å². The summed E-state index contributed by atoms with van der Waals surface area (Å²) in [5, 5.41) is 25.1. The molecule has 8 nitrogen and oxygen atoms in total. The molecule has 0 amide bonds. The van der Waals surface area contributed by atoms with Crippen LogP contribution in [-0.4, -0.2) is 44.0 Å². The second-order valence-electron chi connectivity index (χ2n) is 10.1. The number of rotatable bonds is 8. The molecule has 212 valence electrons. The number of halogens is 5. The second-order valence-corrected chi connectivity index (χ2v) is 11.3. The molecule has 6 rings (SSSR count). The molecular formula is C28H21Cl3F2N4O4. The quantitative estimate of drug-likeness (QED) is 0.236. The molecule has 2 aromatic carbocycles. The maximum atomic E-state index is 14.4. The number of β-amino-alcohol motifs (C(OH)–C–C–N with tert-alkyl or cyclic N) is 1. The van der Waals surface area contributed by atoms with Crippen LogP contribution in [0.2, 0.25) is 15.1 Å². The highest BCUT2D eigenvalue weighted by Gasteiger charge is 2.45. The van der Waals surface area contributed by atoms with E-state index in [-0.39, 0.29) is 46.1 Å². The molecule has 2 fully saturated rings. The van der Waals surface area contributed by atoms with Gasteiger partial charge in [-0.15, -0.1) is 0 Å². The predicted molar refractivity (Wildman–Crippen MR) is 149 cm³/mol. The first-order valence-corrected chi connectivity index (χ1v) is 13.7. The lowest BCUT2D eigenvalue weighted by Gasteiger charge is -2.47. The molecular weight excluding hydrogens is 601 g/mol. The van der Waals surface area contributed by atoms with E-state index < -0.39 is 23.2 Å². The number of ether oxygens (including phenoxy) is 1. The smallest absolute Gasteiger partial charge is 0.337 e. The molecule has 0 atom stereocenters. The molecule has 2 aromatic heterocycles. The minimum absolute atomic E-state index is 0.00633. The van der Waals surface area contributed by atoms with Crippen molar-refractivity contribution in [3.63, 3.8) is 0 Å². The largest absolute Gasteiger partial charge is 0.487 e. The van der Waals surface area contributed by atoms with E-state index in [1.54, 1.807) is 29.1 Å². The molecule has 2 aliphatic rings. The van der Waals surface area contributed by atoms with Crippen LogP contribution < -0.4 is 9.64 Å². The van der Waals surface area contributed by atoms with Gasteiger partial charge >= 0.3 is 5.97 Å². The summed E-state index contributed by atoms with van der Waals surface area (Å²) < 4.78 is 35.8. The minimum atomic E-state index is -1.37. The Kier molecular flexibility index (Phi) is 7.05. The summed E-state index contributed by atoms with van der Waals surface area (Å²) in [6.45, 7) is 0.111. The van der Waals surface area contributed by atoms with E-state index in [9.17, 15) is 18.7 Å². The maximum absolute atomic E-state index is 14.4. The van der Waals surface area contributed by atoms with Crippen LogP contribution >= 0.6 is 34.8 Å². The lowest BCUT2D eigenvalue weighted by molar-refractivity contribution is 0.00669. The summed E-state index contributed by atoms with van der Waals surface area (Å²) in [7, 11) is 0. The van der Waals surface area contributed by atoms with Gasteiger partial charge in [-0.25, -0.2) is 23.2 Å². The Hall–Kier alpha value is -3.44. The molecule has 1 aliphatic heterocycles. The summed E-state index contributed by atoms with van der Waals surface area (Å²) in [5.74, 6) is -1.92. The number of hydrogen-bond donors (Lipinski definition) is 2. The van der Waals surface area contributed by atoms with Gasteiger partial charge in [0.05, 0.1) is 45.6 Å². The lowest BCUT2D eigenvalue weighted by atomic mass is 9.86. The number of benzene rings is 2. The zero-order valence-electron chi connectivity index (χ0n) is 21.1. The van der Waals surface area contributed by atoms with Crippen molar-refractivity contribution in [1.29, 1.82) is 0 Å². The maximum Gasteiger partial charge on any atom is 0.337 e. The molecule has 0 spiro atoms. The van der Waals surface area contributed by atoms with E-state index in [1.165, 1.54) is 17.0 Å². The molecule has 4 aromatic rings. The first-order chi connectivity index (χ1) is 19.5. The molecule has 0 unspecified atom stereocenters. The van der Waals surface area contributed by atoms with Crippen molar-refractivity contribution in [1.82, 2.24) is 14.8 Å². The Bertz CT molecular complexity index is 1670. The van der Waals surface area contributed by atoms with Gasteiger partial charge in [0.25, 0.3) is 0 Å². The Morgan fingerprint density at radius 3 is 2.37 bits per heavy atom. The van der Waals surface area contributed by atoms with E-state index in [1.807, 2.05) is 0 Å². The monoisotopic (exact) mass is 620 g/mol. The molecule has 1 aliphatic carbocycles. The fourth-order valence-electron chi connectivity index (χ4n) is 5.00. The minimum Gasteiger partial charge on any atom is -0.487 e. The number of aromatic nitrogens is 3. The summed E-state index contributed by atoms with van der Waals surface area (Å²) in [6, 6.07) is 8.11. The van der Waals surface area contributed by atoms with Crippen LogP contribution in [-0.2, 0) is 12.2 Å². The number of pyridine rings is 1. The van der Waals surface area contributed by atoms with Crippen molar-refractivity contribution >= 4 is 46.6 Å². The first kappa shape index (κ1) is 27.7. The van der Waals surface area contributed by atoms with E-state index in [4.69, 9.17) is 44.6 Å². The third-order valence-corrected chi connectivity index (χ3v) is 8.09. The molecule has 0 bridgehead atoms. The van der Waals surface area contributed by atoms with Crippen LogP contribution in [0.3, 0.4) is 0 Å². The summed E-state index contributed by atoms with van der Waals surface area (Å²) >= 11 is 19.2. The van der Waals surface area contributed by atoms with Crippen molar-refractivity contribution in [3.8, 4) is 11.4 Å². The third-order valence-electron chi connectivity index (χ3n) is 7.20. The van der Waals surface area contributed by atoms with Crippen LogP contribution in [0.25, 0.3) is 5.69 Å². The van der Waals surface area contributed by atoms with Crippen molar-refractivity contribution < 1.29 is 28.5 Å². The second kappa shape index (κ2) is 10.4. The van der Waals surface area contributed by atoms with Gasteiger partial charge in [-0.2, -0.15) is 5.10 Å². The molecule has 41 heavy (non-hydrogen) atoms. The normalized spacial score (nSPS) is 16.0. The topological polar surface area (TPSA) is 101 Å². The average molecular weight is 622 g/mol. The van der Waals surface area contributed by atoms with E-state index >= 15 is 0 Å². The Morgan fingerprint density at radius 1 is 1.05 bits per heavy atom. The Morgan fingerprint density at radius 2 is 1.76 bits per heavy atom. The fraction of sp³-hybridized carbons (Fsp3) is 0.250. The number of nitrogens with zero attached hydrogens (tertiary/aromatic N) is 4. The third kappa shape index (κ3) is 5.21. The number of carbonyl (C=O) groups is 1. The van der Waals surface area contributed by atoms with Crippen LogP contribution in [0.15, 0.2) is 48.8 Å². The lowest BCUT2D eigenvalue weighted by Crippen LogP contribution is -2.60. The van der Waals surface area contributed by atoms with Crippen molar-refractivity contribution in [2.24, 2.45) is 0 Å². The molecule has 1 saturated carbocycles. The van der Waals surface area contributed by atoms with Gasteiger partial charge in [0.15, 0.2) is 11.6 Å². The number of aliphatic hydroxyl groups is 1. The summed E-state index contributed by atoms with van der Waals surface area (Å²) in [4.78, 5) is 16.4. The fourth-order valence-corrected chi connectivity index (χ4v) is 5.96. The SMILES string of the molecule is O=C(O)c1cnc(N2CC(O)(c3ccc(OCc4c(C5CC5)cnn4-c4c(Cl)cc(F)cc4Cl)cc3Cl)C2)c(F)c1. The number of carboxylic acid groups (broad SMARTS) is 1. The predicted octanol–water partition coefficient (Wildman–Crippen LogP) is 6.37. The van der Waals surface area contributed by atoms with E-state index in [0.717, 1.165) is 36.4 Å². The van der Waals surface area contributed by atoms with Crippen LogP contribution in [0, 0.1) is 11.6 Å². The number of anilines is 1. The first-order valence-electron chi connectivity index (χ1n) is 12.5. The highest BCUT2D eigenvalue weighted by atomic mass is 35.5. The van der Waals surface area contributed by atoms with Gasteiger partial charge in [-0.3, -0.25) is 0 Å². The Labute approximate surface area is 247 Å². The van der Waals surface area contributed by atoms with Crippen molar-refractivity contribution in [2.45, 2.75) is 31.0 Å². The number of aromatic carboxylic acids is 1. The van der Waals surface area contributed by atoms with Gasteiger partial charge in [-0.05, 0) is 49.1 Å². The average Bonchev–Trinajstić information content (AvgIpc) is 3.65. The highest BCUT2D eigenvalue weighted by Crippen LogP contribution is 2.44. The van der Waals surface area contributed by atoms with E-state index in [2.05, 4.69) is 10.1 Å². The standard InChI is InChI=1S/C28H21Cl3F2N4O4/c29-20-8-17(3-4-19(20)28(40)12-36(13-28)26-23(33)5-15(9-34-26)27(38)39)41-11-24-18(14-1-2-14)10-35-37(24)25-21(30)6-16(32)7-22(25)31/h3-10,14,40H,1-2,11-13H2,(H,38,39). The Balaban J connectivity index is 1.19. The molecule has 3 heterocycles. The van der Waals surface area contributed by atoms with Gasteiger partial charge in [0.2, 0.25) is 0 Å². The zero-order chi connectivity index (χ0) is 29.1. The van der Waals surface area contributed by atoms with E-state index in [0.29, 0.717) is 22.9 Å². The van der Waals surface area contributed by atoms with Crippen LogP contribution in [0.5, 0.6) is 5.75 Å².